The topological polar surface area (TPSA) is 26.5 Å². The Morgan fingerprint density at radius 3 is 2.56 bits per heavy atom. The summed E-state index contributed by atoms with van der Waals surface area (Å²) in [4.78, 5) is 4.62. The lowest BCUT2D eigenvalue weighted by molar-refractivity contribution is 0.395. The summed E-state index contributed by atoms with van der Waals surface area (Å²) in [5, 5.41) is 0. The molecule has 0 saturated heterocycles. The zero-order valence-corrected chi connectivity index (χ0v) is 11.4. The molecule has 90 valence electrons. The third-order valence-electron chi connectivity index (χ3n) is 2.79. The van der Waals surface area contributed by atoms with Crippen molar-refractivity contribution in [1.82, 2.24) is 9.38 Å². The largest absolute Gasteiger partial charge is 0.480 e. The van der Waals surface area contributed by atoms with Gasteiger partial charge in [-0.05, 0) is 28.1 Å². The molecule has 0 spiro atoms. The van der Waals surface area contributed by atoms with Crippen LogP contribution in [0.2, 0.25) is 0 Å². The van der Waals surface area contributed by atoms with Crippen LogP contribution in [0.4, 0.5) is 0 Å². The molecule has 0 fully saturated rings. The summed E-state index contributed by atoms with van der Waals surface area (Å²) in [7, 11) is 1.66. The highest BCUT2D eigenvalue weighted by molar-refractivity contribution is 9.10. The molecule has 3 aromatic rings. The van der Waals surface area contributed by atoms with E-state index in [1.807, 2.05) is 52.9 Å². The van der Waals surface area contributed by atoms with Crippen LogP contribution < -0.4 is 4.74 Å². The Morgan fingerprint density at radius 2 is 1.83 bits per heavy atom. The Hall–Kier alpha value is -1.81. The van der Waals surface area contributed by atoms with Gasteiger partial charge in [0.15, 0.2) is 0 Å². The summed E-state index contributed by atoms with van der Waals surface area (Å²) < 4.78 is 8.37. The second-order valence-electron chi connectivity index (χ2n) is 3.88. The average Bonchev–Trinajstić information content (AvgIpc) is 2.79. The molecule has 3 nitrogen and oxygen atoms in total. The first-order chi connectivity index (χ1) is 8.81. The van der Waals surface area contributed by atoms with Crippen molar-refractivity contribution < 1.29 is 4.74 Å². The van der Waals surface area contributed by atoms with Crippen LogP contribution >= 0.6 is 15.9 Å². The van der Waals surface area contributed by atoms with Gasteiger partial charge in [0.2, 0.25) is 5.88 Å². The van der Waals surface area contributed by atoms with Gasteiger partial charge in [-0.15, -0.1) is 0 Å². The van der Waals surface area contributed by atoms with Gasteiger partial charge in [0.25, 0.3) is 0 Å². The molecule has 0 amide bonds. The number of pyridine rings is 1. The number of hydrogen-bond acceptors (Lipinski definition) is 2. The Morgan fingerprint density at radius 1 is 1.06 bits per heavy atom. The van der Waals surface area contributed by atoms with Crippen molar-refractivity contribution in [2.45, 2.75) is 0 Å². The maximum absolute atomic E-state index is 5.50. The van der Waals surface area contributed by atoms with E-state index in [1.54, 1.807) is 7.11 Å². The van der Waals surface area contributed by atoms with E-state index >= 15 is 0 Å². The smallest absolute Gasteiger partial charge is 0.227 e. The van der Waals surface area contributed by atoms with Gasteiger partial charge in [0.05, 0.1) is 11.7 Å². The van der Waals surface area contributed by atoms with E-state index in [-0.39, 0.29) is 0 Å². The number of hydrogen-bond donors (Lipinski definition) is 0. The van der Waals surface area contributed by atoms with E-state index in [4.69, 9.17) is 4.74 Å². The SMILES string of the molecule is COc1c(-c2ccccc2)nc2cccc(Br)n12. The van der Waals surface area contributed by atoms with Crippen LogP contribution in [0.25, 0.3) is 16.9 Å². The Labute approximate surface area is 113 Å². The minimum atomic E-state index is 0.740. The molecule has 2 heterocycles. The lowest BCUT2D eigenvalue weighted by Gasteiger charge is -2.04. The van der Waals surface area contributed by atoms with Crippen molar-refractivity contribution in [1.29, 1.82) is 0 Å². The van der Waals surface area contributed by atoms with Crippen LogP contribution in [-0.4, -0.2) is 16.5 Å². The van der Waals surface area contributed by atoms with Crippen molar-refractivity contribution >= 4 is 21.6 Å². The maximum atomic E-state index is 5.50. The zero-order valence-electron chi connectivity index (χ0n) is 9.80. The van der Waals surface area contributed by atoms with Gasteiger partial charge in [-0.3, -0.25) is 4.40 Å². The van der Waals surface area contributed by atoms with Crippen molar-refractivity contribution in [2.24, 2.45) is 0 Å². The number of benzene rings is 1. The van der Waals surface area contributed by atoms with Gasteiger partial charge in [-0.2, -0.15) is 0 Å². The van der Waals surface area contributed by atoms with Crippen molar-refractivity contribution in [3.63, 3.8) is 0 Å². The number of fused-ring (bicyclic) bond motifs is 1. The molecule has 0 unspecified atom stereocenters. The Bertz CT molecular complexity index is 692. The predicted octanol–water partition coefficient (Wildman–Crippen LogP) is 3.77. The maximum Gasteiger partial charge on any atom is 0.227 e. The van der Waals surface area contributed by atoms with Gasteiger partial charge in [0, 0.05) is 5.56 Å². The van der Waals surface area contributed by atoms with E-state index in [1.165, 1.54) is 0 Å². The second-order valence-corrected chi connectivity index (χ2v) is 4.69. The van der Waals surface area contributed by atoms with Crippen LogP contribution in [0.1, 0.15) is 0 Å². The summed E-state index contributed by atoms with van der Waals surface area (Å²) in [5.41, 5.74) is 2.76. The fourth-order valence-corrected chi connectivity index (χ4v) is 2.50. The van der Waals surface area contributed by atoms with Crippen LogP contribution in [0, 0.1) is 0 Å². The first-order valence-corrected chi connectivity index (χ1v) is 6.37. The van der Waals surface area contributed by atoms with Crippen molar-refractivity contribution in [3.8, 4) is 17.1 Å². The second kappa shape index (κ2) is 4.46. The number of ether oxygens (including phenoxy) is 1. The highest BCUT2D eigenvalue weighted by Gasteiger charge is 2.15. The molecule has 0 radical (unpaired) electrons. The lowest BCUT2D eigenvalue weighted by Crippen LogP contribution is -1.92. The van der Waals surface area contributed by atoms with E-state index < -0.39 is 0 Å². The van der Waals surface area contributed by atoms with Crippen molar-refractivity contribution in [3.05, 3.63) is 53.1 Å². The molecule has 18 heavy (non-hydrogen) atoms. The van der Waals surface area contributed by atoms with Crippen LogP contribution in [-0.2, 0) is 0 Å². The first-order valence-electron chi connectivity index (χ1n) is 5.57. The molecular formula is C14H11BrN2O. The van der Waals surface area contributed by atoms with Gasteiger partial charge in [-0.1, -0.05) is 36.4 Å². The molecule has 0 atom stereocenters. The van der Waals surface area contributed by atoms with Crippen molar-refractivity contribution in [2.75, 3.05) is 7.11 Å². The van der Waals surface area contributed by atoms with Crippen LogP contribution in [0.5, 0.6) is 5.88 Å². The summed E-state index contributed by atoms with van der Waals surface area (Å²) in [6, 6.07) is 15.9. The van der Waals surface area contributed by atoms with E-state index in [2.05, 4.69) is 20.9 Å². The Balaban J connectivity index is 2.34. The molecule has 0 bridgehead atoms. The van der Waals surface area contributed by atoms with E-state index in [0.29, 0.717) is 0 Å². The Kier molecular flexibility index (Phi) is 2.80. The molecule has 0 aliphatic rings. The minimum Gasteiger partial charge on any atom is -0.480 e. The third kappa shape index (κ3) is 1.69. The monoisotopic (exact) mass is 302 g/mol. The standard InChI is InChI=1S/C14H11BrN2O/c1-18-14-13(10-6-3-2-4-7-10)16-12-9-5-8-11(15)17(12)14/h2-9H,1H3. The summed E-state index contributed by atoms with van der Waals surface area (Å²) in [5.74, 6) is 0.740. The van der Waals surface area contributed by atoms with E-state index in [0.717, 1.165) is 27.4 Å². The van der Waals surface area contributed by atoms with Gasteiger partial charge >= 0.3 is 0 Å². The number of rotatable bonds is 2. The van der Waals surface area contributed by atoms with Crippen LogP contribution in [0.3, 0.4) is 0 Å². The average molecular weight is 303 g/mol. The molecular weight excluding hydrogens is 292 g/mol. The third-order valence-corrected chi connectivity index (χ3v) is 3.41. The molecule has 0 aliphatic carbocycles. The molecule has 0 saturated carbocycles. The molecule has 4 heteroatoms. The number of methoxy groups -OCH3 is 1. The molecule has 3 rings (SSSR count). The number of imidazole rings is 1. The highest BCUT2D eigenvalue weighted by atomic mass is 79.9. The quantitative estimate of drug-likeness (QED) is 0.674. The number of halogens is 1. The van der Waals surface area contributed by atoms with E-state index in [9.17, 15) is 0 Å². The summed E-state index contributed by atoms with van der Waals surface area (Å²) >= 11 is 3.52. The number of nitrogens with zero attached hydrogens (tertiary/aromatic N) is 2. The number of aromatic nitrogens is 2. The zero-order chi connectivity index (χ0) is 12.5. The molecule has 2 aromatic heterocycles. The molecule has 0 N–H and O–H groups in total. The van der Waals surface area contributed by atoms with Gasteiger partial charge in [-0.25, -0.2) is 4.98 Å². The van der Waals surface area contributed by atoms with Gasteiger partial charge in [0.1, 0.15) is 11.3 Å². The molecule has 1 aromatic carbocycles. The minimum absolute atomic E-state index is 0.740. The van der Waals surface area contributed by atoms with Gasteiger partial charge < -0.3 is 4.74 Å². The highest BCUT2D eigenvalue weighted by Crippen LogP contribution is 2.32. The summed E-state index contributed by atoms with van der Waals surface area (Å²) in [6.07, 6.45) is 0. The van der Waals surface area contributed by atoms with Crippen LogP contribution in [0.15, 0.2) is 53.1 Å². The molecule has 0 aliphatic heterocycles. The summed E-state index contributed by atoms with van der Waals surface area (Å²) in [6.45, 7) is 0. The fourth-order valence-electron chi connectivity index (χ4n) is 2.00. The fraction of sp³-hybridized carbons (Fsp3) is 0.0714. The predicted molar refractivity (Wildman–Crippen MR) is 74.9 cm³/mol. The normalized spacial score (nSPS) is 10.8. The first kappa shape index (κ1) is 11.3. The lowest BCUT2D eigenvalue weighted by atomic mass is 10.2.